The number of likely N-dealkylation sites (tertiary alicyclic amines) is 2. The van der Waals surface area contributed by atoms with Crippen LogP contribution >= 0.6 is 0 Å². The summed E-state index contributed by atoms with van der Waals surface area (Å²) in [5, 5.41) is 4.74. The van der Waals surface area contributed by atoms with Crippen LogP contribution in [0.2, 0.25) is 0 Å². The third-order valence-electron chi connectivity index (χ3n) is 9.34. The first-order chi connectivity index (χ1) is 15.9. The molecule has 0 aromatic carbocycles. The van der Waals surface area contributed by atoms with Crippen LogP contribution < -0.4 is 0 Å². The second-order valence-electron chi connectivity index (χ2n) is 11.5. The Morgan fingerprint density at radius 1 is 1.03 bits per heavy atom. The van der Waals surface area contributed by atoms with Crippen LogP contribution in [0.4, 0.5) is 0 Å². The quantitative estimate of drug-likeness (QED) is 0.688. The number of amides is 2. The lowest BCUT2D eigenvalue weighted by Gasteiger charge is -2.58. The van der Waals surface area contributed by atoms with Crippen LogP contribution in [0.25, 0.3) is 5.52 Å². The van der Waals surface area contributed by atoms with E-state index in [0.717, 1.165) is 74.3 Å². The minimum Gasteiger partial charge on any atom is -0.340 e. The summed E-state index contributed by atoms with van der Waals surface area (Å²) in [5.41, 5.74) is 2.19. The molecular weight excluding hydrogens is 412 g/mol. The van der Waals surface area contributed by atoms with E-state index in [1.807, 2.05) is 28.9 Å². The smallest absolute Gasteiger partial charge is 0.258 e. The highest BCUT2D eigenvalue weighted by Crippen LogP contribution is 2.52. The molecule has 1 spiro atoms. The fourth-order valence-electron chi connectivity index (χ4n) is 7.25. The topological polar surface area (TPSA) is 57.9 Å². The predicted molar refractivity (Wildman–Crippen MR) is 127 cm³/mol. The van der Waals surface area contributed by atoms with E-state index in [9.17, 15) is 9.59 Å². The highest BCUT2D eigenvalue weighted by atomic mass is 16.2. The first-order valence-corrected chi connectivity index (χ1v) is 13.0. The molecule has 0 radical (unpaired) electrons. The molecule has 1 atom stereocenters. The van der Waals surface area contributed by atoms with Crippen molar-refractivity contribution in [1.82, 2.24) is 19.4 Å². The SMILES string of the molecule is CC(C)c1nn2ccccc2c1C(=O)N1CCC12CCCN(C(=O)C13CCC(CC1)CC3)C2. The number of hydrogen-bond acceptors (Lipinski definition) is 3. The highest BCUT2D eigenvalue weighted by molar-refractivity contribution is 6.03. The number of pyridine rings is 1. The molecule has 6 heteroatoms. The number of carbonyl (C=O) groups is 2. The fourth-order valence-corrected chi connectivity index (χ4v) is 7.25. The van der Waals surface area contributed by atoms with Crippen molar-refractivity contribution in [2.75, 3.05) is 19.6 Å². The van der Waals surface area contributed by atoms with Gasteiger partial charge in [-0.05, 0) is 81.8 Å². The van der Waals surface area contributed by atoms with Crippen LogP contribution in [-0.2, 0) is 4.79 Å². The van der Waals surface area contributed by atoms with Gasteiger partial charge in [-0.25, -0.2) is 4.52 Å². The Labute approximate surface area is 196 Å². The molecule has 176 valence electrons. The minimum atomic E-state index is -0.204. The molecular formula is C27H36N4O2. The molecule has 1 unspecified atom stereocenters. The third kappa shape index (κ3) is 3.16. The second kappa shape index (κ2) is 7.57. The normalized spacial score (nSPS) is 31.4. The van der Waals surface area contributed by atoms with Gasteiger partial charge in [0.2, 0.25) is 5.91 Å². The zero-order valence-electron chi connectivity index (χ0n) is 20.1. The largest absolute Gasteiger partial charge is 0.340 e. The highest BCUT2D eigenvalue weighted by Gasteiger charge is 2.54. The maximum atomic E-state index is 14.0. The molecule has 0 N–H and O–H groups in total. The van der Waals surface area contributed by atoms with Crippen molar-refractivity contribution in [2.45, 2.75) is 83.1 Å². The van der Waals surface area contributed by atoms with Gasteiger partial charge in [-0.15, -0.1) is 0 Å². The number of hydrogen-bond donors (Lipinski definition) is 0. The molecule has 33 heavy (non-hydrogen) atoms. The maximum Gasteiger partial charge on any atom is 0.258 e. The molecule has 6 nitrogen and oxygen atoms in total. The van der Waals surface area contributed by atoms with E-state index in [0.29, 0.717) is 12.5 Å². The first-order valence-electron chi connectivity index (χ1n) is 13.0. The van der Waals surface area contributed by atoms with Crippen molar-refractivity contribution in [2.24, 2.45) is 11.3 Å². The molecule has 5 aliphatic rings. The lowest BCUT2D eigenvalue weighted by atomic mass is 9.60. The fraction of sp³-hybridized carbons (Fsp3) is 0.667. The van der Waals surface area contributed by atoms with Crippen LogP contribution in [0.1, 0.15) is 93.6 Å². The number of rotatable bonds is 3. The number of fused-ring (bicyclic) bond motifs is 4. The Morgan fingerprint density at radius 2 is 1.79 bits per heavy atom. The summed E-state index contributed by atoms with van der Waals surface area (Å²) in [6.07, 6.45) is 11.8. The summed E-state index contributed by atoms with van der Waals surface area (Å²) >= 11 is 0. The number of aromatic nitrogens is 2. The van der Waals surface area contributed by atoms with Gasteiger partial charge in [-0.2, -0.15) is 5.10 Å². The first kappa shape index (κ1) is 21.2. The van der Waals surface area contributed by atoms with Gasteiger partial charge in [-0.3, -0.25) is 9.59 Å². The monoisotopic (exact) mass is 448 g/mol. The summed E-state index contributed by atoms with van der Waals surface area (Å²) < 4.78 is 1.84. The van der Waals surface area contributed by atoms with Crippen LogP contribution in [0.5, 0.6) is 0 Å². The lowest BCUT2D eigenvalue weighted by Crippen LogP contribution is -2.69. The summed E-state index contributed by atoms with van der Waals surface area (Å²) in [7, 11) is 0. The van der Waals surface area contributed by atoms with Crippen LogP contribution in [0, 0.1) is 11.3 Å². The Morgan fingerprint density at radius 3 is 2.45 bits per heavy atom. The zero-order valence-corrected chi connectivity index (χ0v) is 20.1. The van der Waals surface area contributed by atoms with E-state index in [1.165, 1.54) is 19.3 Å². The number of piperidine rings is 1. The molecule has 2 aromatic heterocycles. The zero-order chi connectivity index (χ0) is 22.8. The Hall–Kier alpha value is -2.37. The van der Waals surface area contributed by atoms with E-state index in [4.69, 9.17) is 5.10 Å². The number of nitrogens with zero attached hydrogens (tertiary/aromatic N) is 4. The van der Waals surface area contributed by atoms with Crippen molar-refractivity contribution in [3.8, 4) is 0 Å². The standard InChI is InChI=1S/C27H36N4O2/c1-19(2)23-22(21-6-3-4-16-31(21)28-23)24(32)30-17-14-27(30)10-5-15-29(18-27)25(33)26-11-7-20(8-12-26)9-13-26/h3-4,6,16,19-20H,5,7-15,17-18H2,1-2H3. The molecule has 2 amide bonds. The molecule has 7 rings (SSSR count). The molecule has 2 bridgehead atoms. The van der Waals surface area contributed by atoms with Crippen molar-refractivity contribution < 1.29 is 9.59 Å². The van der Waals surface area contributed by atoms with E-state index in [2.05, 4.69) is 23.6 Å². The van der Waals surface area contributed by atoms with Crippen molar-refractivity contribution in [3.63, 3.8) is 0 Å². The molecule has 3 aliphatic carbocycles. The van der Waals surface area contributed by atoms with Crippen LogP contribution in [0.15, 0.2) is 24.4 Å². The van der Waals surface area contributed by atoms with Gasteiger partial charge in [0.25, 0.3) is 5.91 Å². The molecule has 2 aromatic rings. The minimum absolute atomic E-state index is 0.0942. The Kier molecular flexibility index (Phi) is 4.86. The van der Waals surface area contributed by atoms with Crippen LogP contribution in [0.3, 0.4) is 0 Å². The van der Waals surface area contributed by atoms with Gasteiger partial charge in [0.05, 0.1) is 22.3 Å². The van der Waals surface area contributed by atoms with Crippen molar-refractivity contribution in [3.05, 3.63) is 35.7 Å². The van der Waals surface area contributed by atoms with Gasteiger partial charge >= 0.3 is 0 Å². The average Bonchev–Trinajstić information content (AvgIpc) is 3.24. The lowest BCUT2D eigenvalue weighted by molar-refractivity contribution is -0.155. The third-order valence-corrected chi connectivity index (χ3v) is 9.34. The van der Waals surface area contributed by atoms with E-state index in [1.54, 1.807) is 0 Å². The molecule has 5 fully saturated rings. The summed E-state index contributed by atoms with van der Waals surface area (Å²) in [6, 6.07) is 5.92. The Bertz CT molecular complexity index is 1080. The molecule has 2 saturated heterocycles. The molecule has 4 heterocycles. The van der Waals surface area contributed by atoms with Crippen LogP contribution in [-0.4, -0.2) is 56.4 Å². The average molecular weight is 449 g/mol. The summed E-state index contributed by atoms with van der Waals surface area (Å²) in [5.74, 6) is 1.51. The van der Waals surface area contributed by atoms with E-state index in [-0.39, 0.29) is 22.8 Å². The van der Waals surface area contributed by atoms with E-state index >= 15 is 0 Å². The van der Waals surface area contributed by atoms with Gasteiger partial charge in [0.1, 0.15) is 0 Å². The number of carbonyl (C=O) groups excluding carboxylic acids is 2. The van der Waals surface area contributed by atoms with Crippen molar-refractivity contribution >= 4 is 17.3 Å². The predicted octanol–water partition coefficient (Wildman–Crippen LogP) is 4.64. The van der Waals surface area contributed by atoms with E-state index < -0.39 is 0 Å². The summed E-state index contributed by atoms with van der Waals surface area (Å²) in [6.45, 7) is 6.53. The van der Waals surface area contributed by atoms with Gasteiger partial charge in [0, 0.05) is 31.2 Å². The molecule has 3 saturated carbocycles. The van der Waals surface area contributed by atoms with Gasteiger partial charge in [0.15, 0.2) is 0 Å². The molecule has 2 aliphatic heterocycles. The maximum absolute atomic E-state index is 14.0. The van der Waals surface area contributed by atoms with Gasteiger partial charge < -0.3 is 9.80 Å². The summed E-state index contributed by atoms with van der Waals surface area (Å²) in [4.78, 5) is 32.0. The Balaban J connectivity index is 1.28. The van der Waals surface area contributed by atoms with Gasteiger partial charge in [-0.1, -0.05) is 19.9 Å². The second-order valence-corrected chi connectivity index (χ2v) is 11.5. The van der Waals surface area contributed by atoms with Crippen molar-refractivity contribution in [1.29, 1.82) is 0 Å².